The van der Waals surface area contributed by atoms with Gasteiger partial charge in [-0.05, 0) is 23.3 Å². The molecule has 0 spiro atoms. The highest BCUT2D eigenvalue weighted by Gasteiger charge is 2.49. The van der Waals surface area contributed by atoms with Gasteiger partial charge in [0.1, 0.15) is 0 Å². The van der Waals surface area contributed by atoms with E-state index >= 15 is 0 Å². The normalized spacial score (nSPS) is 35.2. The molecule has 0 aliphatic heterocycles. The van der Waals surface area contributed by atoms with Crippen molar-refractivity contribution in [3.05, 3.63) is 11.6 Å². The van der Waals surface area contributed by atoms with Crippen molar-refractivity contribution in [2.45, 2.75) is 27.2 Å². The van der Waals surface area contributed by atoms with Gasteiger partial charge in [-0.25, -0.2) is 0 Å². The summed E-state index contributed by atoms with van der Waals surface area (Å²) in [5.41, 5.74) is 1.14. The quantitative estimate of drug-likeness (QED) is 0.517. The minimum absolute atomic E-state index is 0.0739. The summed E-state index contributed by atoms with van der Waals surface area (Å²) in [4.78, 5) is 11.5. The van der Waals surface area contributed by atoms with E-state index in [0.29, 0.717) is 17.6 Å². The maximum Gasteiger partial charge on any atom is 0.162 e. The van der Waals surface area contributed by atoms with Gasteiger partial charge in [0.2, 0.25) is 0 Å². The van der Waals surface area contributed by atoms with Crippen LogP contribution in [-0.4, -0.2) is 5.78 Å². The number of ketones is 1. The zero-order valence-electron chi connectivity index (χ0n) is 7.35. The molecule has 0 N–H and O–H groups in total. The highest BCUT2D eigenvalue weighted by atomic mass is 16.1. The van der Waals surface area contributed by atoms with Crippen LogP contribution in [0.15, 0.2) is 11.6 Å². The Bertz CT molecular complexity index is 242. The first-order valence-corrected chi connectivity index (χ1v) is 4.26. The van der Waals surface area contributed by atoms with Gasteiger partial charge in [-0.3, -0.25) is 4.79 Å². The van der Waals surface area contributed by atoms with E-state index in [2.05, 4.69) is 26.8 Å². The van der Waals surface area contributed by atoms with Crippen molar-refractivity contribution in [1.82, 2.24) is 0 Å². The third kappa shape index (κ3) is 0.943. The zero-order valence-corrected chi connectivity index (χ0v) is 7.35. The molecular formula is C10H14O. The summed E-state index contributed by atoms with van der Waals surface area (Å²) in [5, 5.41) is 0. The van der Waals surface area contributed by atoms with Crippen molar-refractivity contribution in [3.8, 4) is 0 Å². The molecule has 2 aliphatic rings. The van der Waals surface area contributed by atoms with Gasteiger partial charge in [0.25, 0.3) is 0 Å². The van der Waals surface area contributed by atoms with E-state index in [1.807, 2.05) is 0 Å². The lowest BCUT2D eigenvalue weighted by Gasteiger charge is -2.19. The zero-order chi connectivity index (χ0) is 8.22. The largest absolute Gasteiger partial charge is 0.294 e. The topological polar surface area (TPSA) is 17.1 Å². The smallest absolute Gasteiger partial charge is 0.162 e. The fraction of sp³-hybridized carbons (Fsp3) is 0.700. The molecule has 1 heteroatoms. The Morgan fingerprint density at radius 3 is 2.36 bits per heavy atom. The molecule has 11 heavy (non-hydrogen) atoms. The van der Waals surface area contributed by atoms with E-state index in [9.17, 15) is 4.79 Å². The summed E-state index contributed by atoms with van der Waals surface area (Å²) in [7, 11) is 0. The van der Waals surface area contributed by atoms with Crippen LogP contribution in [0, 0.1) is 17.3 Å². The molecule has 2 unspecified atom stereocenters. The summed E-state index contributed by atoms with van der Waals surface area (Å²) < 4.78 is 0. The molecule has 0 radical (unpaired) electrons. The summed E-state index contributed by atoms with van der Waals surface area (Å²) in [6, 6.07) is 0. The Kier molecular flexibility index (Phi) is 1.14. The average Bonchev–Trinajstić information content (AvgIpc) is 2.52. The second kappa shape index (κ2) is 1.77. The number of fused-ring (bicyclic) bond motifs is 1. The molecule has 1 saturated carbocycles. The number of allylic oxidation sites excluding steroid dienone is 2. The molecule has 0 bridgehead atoms. The van der Waals surface area contributed by atoms with Gasteiger partial charge in [-0.15, -0.1) is 0 Å². The maximum atomic E-state index is 11.5. The van der Waals surface area contributed by atoms with Crippen LogP contribution in [0.3, 0.4) is 0 Å². The number of carbonyl (C=O) groups is 1. The molecule has 60 valence electrons. The average molecular weight is 150 g/mol. The molecule has 0 aromatic carbocycles. The molecule has 0 saturated heterocycles. The summed E-state index contributed by atoms with van der Waals surface area (Å²) in [5.74, 6) is 1.43. The van der Waals surface area contributed by atoms with E-state index in [-0.39, 0.29) is 5.41 Å². The van der Waals surface area contributed by atoms with Crippen LogP contribution in [0.5, 0.6) is 0 Å². The molecule has 2 rings (SSSR count). The van der Waals surface area contributed by atoms with Crippen molar-refractivity contribution in [2.75, 3.05) is 0 Å². The van der Waals surface area contributed by atoms with Crippen LogP contribution in [0.1, 0.15) is 27.2 Å². The van der Waals surface area contributed by atoms with Crippen molar-refractivity contribution in [2.24, 2.45) is 17.3 Å². The first kappa shape index (κ1) is 7.08. The molecule has 2 aliphatic carbocycles. The first-order chi connectivity index (χ1) is 5.00. The second-order valence-electron chi connectivity index (χ2n) is 4.70. The molecule has 0 amide bonds. The lowest BCUT2D eigenvalue weighted by Crippen LogP contribution is -2.16. The maximum absolute atomic E-state index is 11.5. The van der Waals surface area contributed by atoms with E-state index < -0.39 is 0 Å². The monoisotopic (exact) mass is 150 g/mol. The lowest BCUT2D eigenvalue weighted by atomic mass is 9.84. The molecule has 0 heterocycles. The molecule has 0 aromatic heterocycles. The van der Waals surface area contributed by atoms with Crippen molar-refractivity contribution in [1.29, 1.82) is 0 Å². The van der Waals surface area contributed by atoms with Crippen LogP contribution in [-0.2, 0) is 4.79 Å². The highest BCUT2D eigenvalue weighted by Crippen LogP contribution is 2.51. The SMILES string of the molecule is CC(C)(C)C1=CC2CC2C1=O. The van der Waals surface area contributed by atoms with Crippen LogP contribution < -0.4 is 0 Å². The third-order valence-electron chi connectivity index (χ3n) is 2.63. The van der Waals surface area contributed by atoms with Gasteiger partial charge >= 0.3 is 0 Å². The number of hydrogen-bond acceptors (Lipinski definition) is 1. The fourth-order valence-corrected chi connectivity index (χ4v) is 1.82. The minimum atomic E-state index is 0.0739. The minimum Gasteiger partial charge on any atom is -0.294 e. The van der Waals surface area contributed by atoms with Crippen LogP contribution in [0.2, 0.25) is 0 Å². The Balaban J connectivity index is 2.29. The van der Waals surface area contributed by atoms with Crippen LogP contribution in [0.25, 0.3) is 0 Å². The summed E-state index contributed by atoms with van der Waals surface area (Å²) in [6.45, 7) is 6.34. The van der Waals surface area contributed by atoms with Crippen molar-refractivity contribution < 1.29 is 4.79 Å². The molecule has 1 nitrogen and oxygen atoms in total. The van der Waals surface area contributed by atoms with Crippen molar-refractivity contribution >= 4 is 5.78 Å². The molecule has 0 aromatic rings. The summed E-state index contributed by atoms with van der Waals surface area (Å²) >= 11 is 0. The van der Waals surface area contributed by atoms with Crippen LogP contribution >= 0.6 is 0 Å². The molecule has 1 fully saturated rings. The third-order valence-corrected chi connectivity index (χ3v) is 2.63. The molecule has 2 atom stereocenters. The van der Waals surface area contributed by atoms with Crippen LogP contribution in [0.4, 0.5) is 0 Å². The standard InChI is InChI=1S/C10H14O/c1-10(2,3)8-5-6-4-7(6)9(8)11/h5-7H,4H2,1-3H3. The van der Waals surface area contributed by atoms with E-state index in [0.717, 1.165) is 12.0 Å². The van der Waals surface area contributed by atoms with E-state index in [4.69, 9.17) is 0 Å². The Morgan fingerprint density at radius 1 is 1.45 bits per heavy atom. The Labute approximate surface area is 67.5 Å². The number of rotatable bonds is 0. The predicted octanol–water partition coefficient (Wildman–Crippen LogP) is 2.18. The van der Waals surface area contributed by atoms with Crippen molar-refractivity contribution in [3.63, 3.8) is 0 Å². The Hall–Kier alpha value is -0.590. The Morgan fingerprint density at radius 2 is 2.09 bits per heavy atom. The molecular weight excluding hydrogens is 136 g/mol. The summed E-state index contributed by atoms with van der Waals surface area (Å²) in [6.07, 6.45) is 3.31. The lowest BCUT2D eigenvalue weighted by molar-refractivity contribution is -0.117. The number of hydrogen-bond donors (Lipinski definition) is 0. The predicted molar refractivity (Wildman–Crippen MR) is 44.1 cm³/mol. The van der Waals surface area contributed by atoms with E-state index in [1.165, 1.54) is 0 Å². The van der Waals surface area contributed by atoms with Gasteiger partial charge in [0, 0.05) is 5.92 Å². The highest BCUT2D eigenvalue weighted by molar-refractivity contribution is 6.03. The number of carbonyl (C=O) groups excluding carboxylic acids is 1. The fourth-order valence-electron chi connectivity index (χ4n) is 1.82. The van der Waals surface area contributed by atoms with Gasteiger partial charge < -0.3 is 0 Å². The van der Waals surface area contributed by atoms with E-state index in [1.54, 1.807) is 0 Å². The second-order valence-corrected chi connectivity index (χ2v) is 4.70. The van der Waals surface area contributed by atoms with Gasteiger partial charge in [0.15, 0.2) is 5.78 Å². The van der Waals surface area contributed by atoms with Gasteiger partial charge in [-0.2, -0.15) is 0 Å². The first-order valence-electron chi connectivity index (χ1n) is 4.26. The van der Waals surface area contributed by atoms with Gasteiger partial charge in [-0.1, -0.05) is 26.8 Å². The number of Topliss-reactive ketones (excluding diaryl/α,β-unsaturated/α-hetero) is 1. The van der Waals surface area contributed by atoms with Gasteiger partial charge in [0.05, 0.1) is 0 Å².